The lowest BCUT2D eigenvalue weighted by molar-refractivity contribution is -0.132. The van der Waals surface area contributed by atoms with Gasteiger partial charge in [-0.2, -0.15) is 0 Å². The van der Waals surface area contributed by atoms with Crippen molar-refractivity contribution < 1.29 is 9.53 Å². The Bertz CT molecular complexity index is 238. The van der Waals surface area contributed by atoms with Gasteiger partial charge in [-0.25, -0.2) is 0 Å². The molecule has 0 spiro atoms. The monoisotopic (exact) mass is 225 g/mol. The van der Waals surface area contributed by atoms with Gasteiger partial charge in [-0.3, -0.25) is 4.79 Å². The van der Waals surface area contributed by atoms with E-state index in [1.807, 2.05) is 4.90 Å². The molecule has 1 aliphatic heterocycles. The third kappa shape index (κ3) is 4.79. The molecule has 3 nitrogen and oxygen atoms in total. The van der Waals surface area contributed by atoms with Crippen LogP contribution in [0.5, 0.6) is 0 Å². The van der Waals surface area contributed by atoms with Crippen LogP contribution in [0.3, 0.4) is 0 Å². The molecular weight excluding hydrogens is 202 g/mol. The summed E-state index contributed by atoms with van der Waals surface area (Å²) in [5.74, 6) is 0.228. The number of carbonyl (C=O) groups is 1. The molecule has 0 aliphatic carbocycles. The molecule has 0 aromatic heterocycles. The molecule has 0 unspecified atom stereocenters. The largest absolute Gasteiger partial charge is 0.381 e. The molecule has 0 atom stereocenters. The predicted molar refractivity (Wildman–Crippen MR) is 65.3 cm³/mol. The fraction of sp³-hybridized carbons (Fsp3) is 0.769. The minimum absolute atomic E-state index is 0.228. The van der Waals surface area contributed by atoms with Crippen molar-refractivity contribution in [1.29, 1.82) is 0 Å². The van der Waals surface area contributed by atoms with Crippen molar-refractivity contribution in [3.05, 3.63) is 12.2 Å². The van der Waals surface area contributed by atoms with E-state index in [2.05, 4.69) is 13.5 Å². The van der Waals surface area contributed by atoms with E-state index in [0.717, 1.165) is 45.4 Å². The van der Waals surface area contributed by atoms with Crippen molar-refractivity contribution in [1.82, 2.24) is 4.90 Å². The molecule has 0 N–H and O–H groups in total. The maximum Gasteiger partial charge on any atom is 0.224 e. The quantitative estimate of drug-likeness (QED) is 0.531. The van der Waals surface area contributed by atoms with E-state index in [-0.39, 0.29) is 5.91 Å². The number of ether oxygens (including phenoxy) is 1. The first-order valence-electron chi connectivity index (χ1n) is 6.26. The third-order valence-corrected chi connectivity index (χ3v) is 2.86. The van der Waals surface area contributed by atoms with E-state index >= 15 is 0 Å². The maximum absolute atomic E-state index is 11.8. The summed E-state index contributed by atoms with van der Waals surface area (Å²) in [6, 6.07) is 0. The molecule has 1 aliphatic rings. The highest BCUT2D eigenvalue weighted by molar-refractivity contribution is 5.76. The van der Waals surface area contributed by atoms with Crippen molar-refractivity contribution in [3.63, 3.8) is 0 Å². The summed E-state index contributed by atoms with van der Waals surface area (Å²) in [5, 5.41) is 0. The van der Waals surface area contributed by atoms with E-state index in [1.54, 1.807) is 0 Å². The average Bonchev–Trinajstić information content (AvgIpc) is 2.49. The molecule has 0 aromatic rings. The van der Waals surface area contributed by atoms with Crippen LogP contribution in [0.15, 0.2) is 12.2 Å². The number of rotatable bonds is 5. The molecule has 1 fully saturated rings. The molecule has 0 aromatic carbocycles. The summed E-state index contributed by atoms with van der Waals surface area (Å²) in [5.41, 5.74) is 1.28. The summed E-state index contributed by atoms with van der Waals surface area (Å²) in [6.45, 7) is 9.10. The molecule has 1 amide bonds. The Kier molecular flexibility index (Phi) is 6.16. The zero-order valence-electron chi connectivity index (χ0n) is 10.3. The fourth-order valence-corrected chi connectivity index (χ4v) is 1.86. The Balaban J connectivity index is 2.22. The number of likely N-dealkylation sites (tertiary alicyclic amines) is 1. The molecule has 0 saturated carbocycles. The molecule has 1 saturated heterocycles. The minimum Gasteiger partial charge on any atom is -0.381 e. The standard InChI is InChI=1S/C13H23NO2/c1-3-10-16-11-7-13(15)14-8-4-5-12(2)6-9-14/h2-11H2,1H3. The molecule has 16 heavy (non-hydrogen) atoms. The van der Waals surface area contributed by atoms with Gasteiger partial charge in [-0.05, 0) is 25.7 Å². The zero-order chi connectivity index (χ0) is 11.8. The van der Waals surface area contributed by atoms with Gasteiger partial charge in [0, 0.05) is 19.7 Å². The highest BCUT2D eigenvalue weighted by atomic mass is 16.5. The Morgan fingerprint density at radius 1 is 1.38 bits per heavy atom. The fourth-order valence-electron chi connectivity index (χ4n) is 1.86. The second-order valence-corrected chi connectivity index (χ2v) is 4.35. The van der Waals surface area contributed by atoms with Crippen LogP contribution >= 0.6 is 0 Å². The molecular formula is C13H23NO2. The molecule has 0 bridgehead atoms. The minimum atomic E-state index is 0.228. The lowest BCUT2D eigenvalue weighted by Gasteiger charge is -2.20. The van der Waals surface area contributed by atoms with Gasteiger partial charge in [-0.15, -0.1) is 0 Å². The van der Waals surface area contributed by atoms with Gasteiger partial charge in [0.15, 0.2) is 0 Å². The van der Waals surface area contributed by atoms with E-state index in [1.165, 1.54) is 5.57 Å². The maximum atomic E-state index is 11.8. The Morgan fingerprint density at radius 3 is 2.94 bits per heavy atom. The molecule has 1 heterocycles. The summed E-state index contributed by atoms with van der Waals surface area (Å²) in [7, 11) is 0. The first-order chi connectivity index (χ1) is 7.74. The van der Waals surface area contributed by atoms with Crippen LogP contribution < -0.4 is 0 Å². The van der Waals surface area contributed by atoms with E-state index in [0.29, 0.717) is 13.0 Å². The summed E-state index contributed by atoms with van der Waals surface area (Å²) >= 11 is 0. The van der Waals surface area contributed by atoms with E-state index in [9.17, 15) is 4.79 Å². The lowest BCUT2D eigenvalue weighted by Crippen LogP contribution is -2.32. The summed E-state index contributed by atoms with van der Waals surface area (Å²) in [4.78, 5) is 13.8. The van der Waals surface area contributed by atoms with Crippen LogP contribution in [0.4, 0.5) is 0 Å². The number of amides is 1. The normalized spacial score (nSPS) is 17.3. The summed E-state index contributed by atoms with van der Waals surface area (Å²) < 4.78 is 5.33. The number of hydrogen-bond acceptors (Lipinski definition) is 2. The molecule has 1 rings (SSSR count). The van der Waals surface area contributed by atoms with Gasteiger partial charge in [0.2, 0.25) is 5.91 Å². The first-order valence-corrected chi connectivity index (χ1v) is 6.26. The summed E-state index contributed by atoms with van der Waals surface area (Å²) in [6.07, 6.45) is 4.61. The van der Waals surface area contributed by atoms with E-state index in [4.69, 9.17) is 4.74 Å². The smallest absolute Gasteiger partial charge is 0.224 e. The number of carbonyl (C=O) groups excluding carboxylic acids is 1. The zero-order valence-corrected chi connectivity index (χ0v) is 10.3. The first kappa shape index (κ1) is 13.2. The highest BCUT2D eigenvalue weighted by Gasteiger charge is 2.15. The predicted octanol–water partition coefficient (Wildman–Crippen LogP) is 2.37. The van der Waals surface area contributed by atoms with Crippen molar-refractivity contribution in [2.75, 3.05) is 26.3 Å². The highest BCUT2D eigenvalue weighted by Crippen LogP contribution is 2.14. The third-order valence-electron chi connectivity index (χ3n) is 2.86. The van der Waals surface area contributed by atoms with Crippen molar-refractivity contribution in [3.8, 4) is 0 Å². The Morgan fingerprint density at radius 2 is 2.19 bits per heavy atom. The van der Waals surface area contributed by atoms with E-state index < -0.39 is 0 Å². The van der Waals surface area contributed by atoms with Crippen molar-refractivity contribution in [2.24, 2.45) is 0 Å². The van der Waals surface area contributed by atoms with Crippen LogP contribution in [0.2, 0.25) is 0 Å². The lowest BCUT2D eigenvalue weighted by atomic mass is 10.1. The van der Waals surface area contributed by atoms with Gasteiger partial charge in [0.05, 0.1) is 13.0 Å². The second kappa shape index (κ2) is 7.44. The van der Waals surface area contributed by atoms with Gasteiger partial charge in [0.25, 0.3) is 0 Å². The van der Waals surface area contributed by atoms with Gasteiger partial charge < -0.3 is 9.64 Å². The Labute approximate surface area is 98.5 Å². The van der Waals surface area contributed by atoms with Crippen LogP contribution in [-0.2, 0) is 9.53 Å². The topological polar surface area (TPSA) is 29.5 Å². The molecule has 92 valence electrons. The van der Waals surface area contributed by atoms with Crippen LogP contribution in [0.1, 0.15) is 39.0 Å². The Hall–Kier alpha value is -0.830. The van der Waals surface area contributed by atoms with Crippen LogP contribution in [-0.4, -0.2) is 37.1 Å². The molecule has 3 heteroatoms. The molecule has 0 radical (unpaired) electrons. The van der Waals surface area contributed by atoms with Crippen LogP contribution in [0, 0.1) is 0 Å². The van der Waals surface area contributed by atoms with Gasteiger partial charge in [-0.1, -0.05) is 19.1 Å². The average molecular weight is 225 g/mol. The van der Waals surface area contributed by atoms with Crippen molar-refractivity contribution >= 4 is 5.91 Å². The second-order valence-electron chi connectivity index (χ2n) is 4.35. The SMILES string of the molecule is C=C1CCCN(C(=O)CCOCCC)CC1. The van der Waals surface area contributed by atoms with Gasteiger partial charge in [0.1, 0.15) is 0 Å². The van der Waals surface area contributed by atoms with Gasteiger partial charge >= 0.3 is 0 Å². The number of hydrogen-bond donors (Lipinski definition) is 0. The van der Waals surface area contributed by atoms with Crippen molar-refractivity contribution in [2.45, 2.75) is 39.0 Å². The van der Waals surface area contributed by atoms with Crippen LogP contribution in [0.25, 0.3) is 0 Å². The number of nitrogens with zero attached hydrogens (tertiary/aromatic N) is 1.